The fraction of sp³-hybridized carbons (Fsp3) is 0.105. The second-order valence-electron chi connectivity index (χ2n) is 5.91. The molecule has 9 nitrogen and oxygen atoms in total. The van der Waals surface area contributed by atoms with E-state index in [4.69, 9.17) is 4.52 Å². The Morgan fingerprint density at radius 2 is 1.96 bits per heavy atom. The van der Waals surface area contributed by atoms with Gasteiger partial charge in [0, 0.05) is 25.2 Å². The largest absolute Gasteiger partial charge is 0.350 e. The van der Waals surface area contributed by atoms with Gasteiger partial charge in [-0.25, -0.2) is 4.68 Å². The lowest BCUT2D eigenvalue weighted by Crippen LogP contribution is -2.26. The number of carbonyl (C=O) groups excluding carboxylic acids is 1. The Kier molecular flexibility index (Phi) is 4.79. The molecule has 0 atom stereocenters. The van der Waals surface area contributed by atoms with Crippen LogP contribution < -0.4 is 10.9 Å². The molecule has 0 aliphatic carbocycles. The van der Waals surface area contributed by atoms with E-state index in [9.17, 15) is 9.59 Å². The van der Waals surface area contributed by atoms with Crippen LogP contribution in [0.4, 0.5) is 0 Å². The second kappa shape index (κ2) is 7.70. The van der Waals surface area contributed by atoms with Crippen molar-refractivity contribution in [3.05, 3.63) is 82.7 Å². The summed E-state index contributed by atoms with van der Waals surface area (Å²) in [5.74, 6) is 0.388. The van der Waals surface area contributed by atoms with E-state index in [1.54, 1.807) is 30.5 Å². The summed E-state index contributed by atoms with van der Waals surface area (Å²) < 4.78 is 6.48. The first-order valence-electron chi connectivity index (χ1n) is 8.60. The monoisotopic (exact) mass is 376 g/mol. The molecule has 0 saturated carbocycles. The highest BCUT2D eigenvalue weighted by Gasteiger charge is 2.13. The maximum atomic E-state index is 12.3. The molecule has 0 radical (unpaired) electrons. The topological polar surface area (TPSA) is 119 Å². The molecule has 0 aliphatic rings. The van der Waals surface area contributed by atoms with Crippen molar-refractivity contribution in [2.75, 3.05) is 6.54 Å². The SMILES string of the molecule is O=C(NCCc1nc(-c2ccccn2)no1)c1cc(=O)n(-c2ccccc2)[nH]1. The van der Waals surface area contributed by atoms with Crippen molar-refractivity contribution in [2.45, 2.75) is 6.42 Å². The Bertz CT molecular complexity index is 1130. The summed E-state index contributed by atoms with van der Waals surface area (Å²) in [6, 6.07) is 15.7. The average molecular weight is 376 g/mol. The number of pyridine rings is 1. The molecule has 4 rings (SSSR count). The average Bonchev–Trinajstić information content (AvgIpc) is 3.36. The van der Waals surface area contributed by atoms with Crippen LogP contribution in [0.25, 0.3) is 17.2 Å². The first-order chi connectivity index (χ1) is 13.7. The minimum atomic E-state index is -0.392. The lowest BCUT2D eigenvalue weighted by molar-refractivity contribution is 0.0948. The number of H-pyrrole nitrogens is 1. The van der Waals surface area contributed by atoms with Gasteiger partial charge in [0.25, 0.3) is 11.5 Å². The number of nitrogens with zero attached hydrogens (tertiary/aromatic N) is 4. The Morgan fingerprint density at radius 1 is 1.14 bits per heavy atom. The number of nitrogens with one attached hydrogen (secondary N) is 2. The van der Waals surface area contributed by atoms with E-state index >= 15 is 0 Å². The molecule has 4 aromatic rings. The van der Waals surface area contributed by atoms with E-state index in [1.165, 1.54) is 10.7 Å². The standard InChI is InChI=1S/C19H16N6O3/c26-17-12-15(23-25(17)13-6-2-1-3-7-13)19(27)21-11-9-16-22-18(24-28-16)14-8-4-5-10-20-14/h1-8,10,12,23H,9,11H2,(H,21,27). The van der Waals surface area contributed by atoms with E-state index in [0.29, 0.717) is 29.5 Å². The number of aromatic amines is 1. The summed E-state index contributed by atoms with van der Waals surface area (Å²) in [5, 5.41) is 9.41. The van der Waals surface area contributed by atoms with E-state index in [-0.39, 0.29) is 17.8 Å². The van der Waals surface area contributed by atoms with E-state index in [1.807, 2.05) is 24.3 Å². The van der Waals surface area contributed by atoms with Crippen molar-refractivity contribution in [3.8, 4) is 17.2 Å². The molecule has 140 valence electrons. The highest BCUT2D eigenvalue weighted by molar-refractivity contribution is 5.92. The summed E-state index contributed by atoms with van der Waals surface area (Å²) in [6.45, 7) is 0.279. The third kappa shape index (κ3) is 3.73. The van der Waals surface area contributed by atoms with Crippen LogP contribution in [-0.2, 0) is 6.42 Å². The molecule has 1 amide bonds. The summed E-state index contributed by atoms with van der Waals surface area (Å²) >= 11 is 0. The second-order valence-corrected chi connectivity index (χ2v) is 5.91. The van der Waals surface area contributed by atoms with Gasteiger partial charge >= 0.3 is 0 Å². The fourth-order valence-corrected chi connectivity index (χ4v) is 2.61. The van der Waals surface area contributed by atoms with Gasteiger partial charge in [-0.15, -0.1) is 0 Å². The summed E-state index contributed by atoms with van der Waals surface area (Å²) in [7, 11) is 0. The lowest BCUT2D eigenvalue weighted by Gasteiger charge is -2.02. The Morgan fingerprint density at radius 3 is 2.75 bits per heavy atom. The Balaban J connectivity index is 1.37. The van der Waals surface area contributed by atoms with Crippen molar-refractivity contribution in [1.29, 1.82) is 0 Å². The maximum absolute atomic E-state index is 12.3. The van der Waals surface area contributed by atoms with Crippen LogP contribution in [0.5, 0.6) is 0 Å². The Hall–Kier alpha value is -4.01. The predicted molar refractivity (Wildman–Crippen MR) is 100.0 cm³/mol. The van der Waals surface area contributed by atoms with Crippen molar-refractivity contribution < 1.29 is 9.32 Å². The van der Waals surface area contributed by atoms with Gasteiger partial charge < -0.3 is 9.84 Å². The number of rotatable bonds is 6. The van der Waals surface area contributed by atoms with Crippen LogP contribution in [-0.4, -0.2) is 37.4 Å². The lowest BCUT2D eigenvalue weighted by atomic mass is 10.3. The number of benzene rings is 1. The summed E-state index contributed by atoms with van der Waals surface area (Å²) in [4.78, 5) is 32.8. The van der Waals surface area contributed by atoms with Gasteiger partial charge in [-0.1, -0.05) is 29.4 Å². The van der Waals surface area contributed by atoms with Gasteiger partial charge in [0.15, 0.2) is 0 Å². The van der Waals surface area contributed by atoms with Crippen molar-refractivity contribution in [2.24, 2.45) is 0 Å². The van der Waals surface area contributed by atoms with Gasteiger partial charge in [-0.3, -0.25) is 19.7 Å². The minimum Gasteiger partial charge on any atom is -0.350 e. The van der Waals surface area contributed by atoms with Gasteiger partial charge in [0.1, 0.15) is 11.4 Å². The molecule has 0 spiro atoms. The first kappa shape index (κ1) is 17.4. The zero-order chi connectivity index (χ0) is 19.3. The molecular weight excluding hydrogens is 360 g/mol. The molecule has 2 N–H and O–H groups in total. The van der Waals surface area contributed by atoms with Crippen LogP contribution in [0, 0.1) is 0 Å². The van der Waals surface area contributed by atoms with Crippen LogP contribution in [0.3, 0.4) is 0 Å². The van der Waals surface area contributed by atoms with Gasteiger partial charge in [-0.2, -0.15) is 4.98 Å². The molecule has 1 aromatic carbocycles. The van der Waals surface area contributed by atoms with E-state index < -0.39 is 5.91 Å². The van der Waals surface area contributed by atoms with Crippen LogP contribution in [0.1, 0.15) is 16.4 Å². The Labute approximate surface area is 159 Å². The molecule has 3 heterocycles. The molecular formula is C19H16N6O3. The van der Waals surface area contributed by atoms with E-state index in [2.05, 4.69) is 25.5 Å². The highest BCUT2D eigenvalue weighted by atomic mass is 16.5. The van der Waals surface area contributed by atoms with Crippen molar-refractivity contribution in [1.82, 2.24) is 30.2 Å². The number of aromatic nitrogens is 5. The van der Waals surface area contributed by atoms with Crippen molar-refractivity contribution >= 4 is 5.91 Å². The maximum Gasteiger partial charge on any atom is 0.271 e. The number of carbonyl (C=O) groups is 1. The van der Waals surface area contributed by atoms with Gasteiger partial charge in [0.05, 0.1) is 5.69 Å². The smallest absolute Gasteiger partial charge is 0.271 e. The first-order valence-corrected chi connectivity index (χ1v) is 8.60. The summed E-state index contributed by atoms with van der Waals surface area (Å²) in [5.41, 5.74) is 1.13. The van der Waals surface area contributed by atoms with Gasteiger partial charge in [0.2, 0.25) is 11.7 Å². The quantitative estimate of drug-likeness (QED) is 0.527. The zero-order valence-electron chi connectivity index (χ0n) is 14.7. The molecule has 0 unspecified atom stereocenters. The summed E-state index contributed by atoms with van der Waals surface area (Å²) in [6.07, 6.45) is 2.00. The fourth-order valence-electron chi connectivity index (χ4n) is 2.61. The molecule has 0 saturated heterocycles. The van der Waals surface area contributed by atoms with Crippen molar-refractivity contribution in [3.63, 3.8) is 0 Å². The third-order valence-corrected chi connectivity index (χ3v) is 3.97. The third-order valence-electron chi connectivity index (χ3n) is 3.97. The number of hydrogen-bond donors (Lipinski definition) is 2. The number of amides is 1. The molecule has 28 heavy (non-hydrogen) atoms. The normalized spacial score (nSPS) is 10.7. The zero-order valence-corrected chi connectivity index (χ0v) is 14.7. The highest BCUT2D eigenvalue weighted by Crippen LogP contribution is 2.11. The van der Waals surface area contributed by atoms with Crippen LogP contribution >= 0.6 is 0 Å². The predicted octanol–water partition coefficient (Wildman–Crippen LogP) is 1.58. The molecule has 0 bridgehead atoms. The number of para-hydroxylation sites is 1. The molecule has 9 heteroatoms. The van der Waals surface area contributed by atoms with Crippen LogP contribution in [0.2, 0.25) is 0 Å². The van der Waals surface area contributed by atoms with E-state index in [0.717, 1.165) is 0 Å². The van der Waals surface area contributed by atoms with Crippen LogP contribution in [0.15, 0.2) is 70.1 Å². The molecule has 3 aromatic heterocycles. The number of hydrogen-bond acceptors (Lipinski definition) is 6. The molecule has 0 aliphatic heterocycles. The minimum absolute atomic E-state index is 0.175. The van der Waals surface area contributed by atoms with Gasteiger partial charge in [-0.05, 0) is 24.3 Å². The molecule has 0 fully saturated rings.